The molecule has 0 bridgehead atoms. The van der Waals surface area contributed by atoms with Crippen molar-refractivity contribution in [3.05, 3.63) is 11.4 Å². The molecule has 6 nitrogen and oxygen atoms in total. The van der Waals surface area contributed by atoms with E-state index in [9.17, 15) is 4.79 Å². The van der Waals surface area contributed by atoms with Gasteiger partial charge in [-0.05, 0) is 38.5 Å². The molecule has 0 N–H and O–H groups in total. The quantitative estimate of drug-likeness (QED) is 0.611. The fourth-order valence-electron chi connectivity index (χ4n) is 2.65. The number of rotatable bonds is 5. The molecule has 1 aromatic rings. The lowest BCUT2D eigenvalue weighted by Gasteiger charge is -2.26. The summed E-state index contributed by atoms with van der Waals surface area (Å²) in [5.41, 5.74) is 1.12. The van der Waals surface area contributed by atoms with E-state index in [1.807, 2.05) is 11.6 Å². The van der Waals surface area contributed by atoms with Gasteiger partial charge in [0.1, 0.15) is 6.61 Å². The number of methoxy groups -OCH3 is 1. The average molecular weight is 281 g/mol. The Morgan fingerprint density at radius 1 is 1.30 bits per heavy atom. The summed E-state index contributed by atoms with van der Waals surface area (Å²) >= 11 is 0. The van der Waals surface area contributed by atoms with Crippen molar-refractivity contribution in [2.45, 2.75) is 45.6 Å². The Balaban J connectivity index is 2.01. The highest BCUT2D eigenvalue weighted by Gasteiger charge is 2.25. The van der Waals surface area contributed by atoms with E-state index >= 15 is 0 Å². The van der Waals surface area contributed by atoms with Crippen LogP contribution in [0.2, 0.25) is 0 Å². The molecule has 1 aromatic heterocycles. The second-order valence-corrected chi connectivity index (χ2v) is 5.51. The van der Waals surface area contributed by atoms with E-state index < -0.39 is 5.97 Å². The number of esters is 1. The molecular formula is C14H23N3O3. The standard InChI is InChI=1S/C14H23N3O3/c1-10-4-6-12(7-5-10)17-11(2)13(15-16-17)14(18)20-9-8-19-3/h10,12H,4-9H2,1-3H3. The number of ether oxygens (including phenoxy) is 2. The van der Waals surface area contributed by atoms with Gasteiger partial charge in [0.2, 0.25) is 0 Å². The van der Waals surface area contributed by atoms with Gasteiger partial charge in [-0.15, -0.1) is 5.10 Å². The van der Waals surface area contributed by atoms with Crippen molar-refractivity contribution in [1.29, 1.82) is 0 Å². The van der Waals surface area contributed by atoms with E-state index in [2.05, 4.69) is 17.2 Å². The molecule has 0 unspecified atom stereocenters. The largest absolute Gasteiger partial charge is 0.458 e. The van der Waals surface area contributed by atoms with Crippen LogP contribution in [0.4, 0.5) is 0 Å². The molecule has 1 saturated carbocycles. The highest BCUT2D eigenvalue weighted by atomic mass is 16.6. The van der Waals surface area contributed by atoms with Crippen LogP contribution in [0.25, 0.3) is 0 Å². The summed E-state index contributed by atoms with van der Waals surface area (Å²) in [6.45, 7) is 4.79. The molecule has 6 heteroatoms. The van der Waals surface area contributed by atoms with Gasteiger partial charge in [0.25, 0.3) is 0 Å². The van der Waals surface area contributed by atoms with E-state index in [1.165, 1.54) is 12.8 Å². The zero-order valence-electron chi connectivity index (χ0n) is 12.5. The predicted octanol–water partition coefficient (Wildman–Crippen LogP) is 2.14. The minimum atomic E-state index is -0.421. The molecule has 1 heterocycles. The summed E-state index contributed by atoms with van der Waals surface area (Å²) < 4.78 is 11.8. The summed E-state index contributed by atoms with van der Waals surface area (Å²) in [6.07, 6.45) is 4.61. The van der Waals surface area contributed by atoms with Crippen LogP contribution in [0.1, 0.15) is 54.8 Å². The monoisotopic (exact) mass is 281 g/mol. The molecule has 0 saturated heterocycles. The minimum absolute atomic E-state index is 0.239. The van der Waals surface area contributed by atoms with Crippen LogP contribution in [0.5, 0.6) is 0 Å². The predicted molar refractivity (Wildman–Crippen MR) is 73.6 cm³/mol. The van der Waals surface area contributed by atoms with Crippen LogP contribution in [0, 0.1) is 12.8 Å². The molecule has 0 aliphatic heterocycles. The maximum atomic E-state index is 11.9. The van der Waals surface area contributed by atoms with Crippen molar-refractivity contribution in [2.75, 3.05) is 20.3 Å². The summed E-state index contributed by atoms with van der Waals surface area (Å²) in [5, 5.41) is 8.13. The van der Waals surface area contributed by atoms with E-state index in [4.69, 9.17) is 9.47 Å². The van der Waals surface area contributed by atoms with Crippen LogP contribution in [0.15, 0.2) is 0 Å². The first-order valence-corrected chi connectivity index (χ1v) is 7.21. The molecule has 0 amide bonds. The smallest absolute Gasteiger partial charge is 0.360 e. The SMILES string of the molecule is COCCOC(=O)c1nnn(C2CCC(C)CC2)c1C. The molecule has 0 atom stereocenters. The molecule has 1 aliphatic carbocycles. The van der Waals surface area contributed by atoms with Crippen LogP contribution < -0.4 is 0 Å². The molecule has 0 spiro atoms. The fraction of sp³-hybridized carbons (Fsp3) is 0.786. The van der Waals surface area contributed by atoms with Crippen molar-refractivity contribution in [3.8, 4) is 0 Å². The Bertz CT molecular complexity index is 451. The van der Waals surface area contributed by atoms with Crippen molar-refractivity contribution in [3.63, 3.8) is 0 Å². The number of hydrogen-bond donors (Lipinski definition) is 0. The maximum Gasteiger partial charge on any atom is 0.360 e. The molecule has 0 radical (unpaired) electrons. The Labute approximate surface area is 119 Å². The molecular weight excluding hydrogens is 258 g/mol. The first kappa shape index (κ1) is 15.0. The van der Waals surface area contributed by atoms with E-state index in [0.29, 0.717) is 18.3 Å². The lowest BCUT2D eigenvalue weighted by atomic mass is 9.87. The lowest BCUT2D eigenvalue weighted by molar-refractivity contribution is 0.0380. The van der Waals surface area contributed by atoms with Gasteiger partial charge in [-0.3, -0.25) is 0 Å². The van der Waals surface area contributed by atoms with E-state index in [0.717, 1.165) is 24.5 Å². The molecule has 2 rings (SSSR count). The third-order valence-corrected chi connectivity index (χ3v) is 3.97. The Morgan fingerprint density at radius 3 is 2.65 bits per heavy atom. The minimum Gasteiger partial charge on any atom is -0.458 e. The Hall–Kier alpha value is -1.43. The second kappa shape index (κ2) is 6.83. The number of nitrogens with zero attached hydrogens (tertiary/aromatic N) is 3. The van der Waals surface area contributed by atoms with Crippen LogP contribution >= 0.6 is 0 Å². The van der Waals surface area contributed by atoms with Crippen LogP contribution in [-0.2, 0) is 9.47 Å². The lowest BCUT2D eigenvalue weighted by Crippen LogP contribution is -2.19. The van der Waals surface area contributed by atoms with Gasteiger partial charge in [0, 0.05) is 7.11 Å². The molecule has 1 fully saturated rings. The first-order chi connectivity index (χ1) is 9.63. The average Bonchev–Trinajstić information content (AvgIpc) is 2.82. The summed E-state index contributed by atoms with van der Waals surface area (Å²) in [5.74, 6) is 0.364. The number of carbonyl (C=O) groups is 1. The van der Waals surface area contributed by atoms with Crippen LogP contribution in [-0.4, -0.2) is 41.3 Å². The Kier molecular flexibility index (Phi) is 5.11. The highest BCUT2D eigenvalue weighted by molar-refractivity contribution is 5.88. The molecule has 0 aromatic carbocycles. The highest BCUT2D eigenvalue weighted by Crippen LogP contribution is 2.32. The van der Waals surface area contributed by atoms with Gasteiger partial charge in [0.15, 0.2) is 5.69 Å². The zero-order chi connectivity index (χ0) is 14.5. The van der Waals surface area contributed by atoms with Gasteiger partial charge in [-0.2, -0.15) is 0 Å². The van der Waals surface area contributed by atoms with Crippen molar-refractivity contribution in [2.24, 2.45) is 5.92 Å². The van der Waals surface area contributed by atoms with Crippen molar-refractivity contribution >= 4 is 5.97 Å². The number of hydrogen-bond acceptors (Lipinski definition) is 5. The van der Waals surface area contributed by atoms with Crippen LogP contribution in [0.3, 0.4) is 0 Å². The van der Waals surface area contributed by atoms with Gasteiger partial charge in [-0.1, -0.05) is 12.1 Å². The van der Waals surface area contributed by atoms with Gasteiger partial charge in [0.05, 0.1) is 18.3 Å². The molecule has 20 heavy (non-hydrogen) atoms. The summed E-state index contributed by atoms with van der Waals surface area (Å²) in [7, 11) is 1.57. The first-order valence-electron chi connectivity index (χ1n) is 7.21. The number of aromatic nitrogens is 3. The van der Waals surface area contributed by atoms with E-state index in [-0.39, 0.29) is 6.61 Å². The normalized spacial score (nSPS) is 22.8. The molecule has 112 valence electrons. The van der Waals surface area contributed by atoms with Crippen molar-refractivity contribution < 1.29 is 14.3 Å². The summed E-state index contributed by atoms with van der Waals surface area (Å²) in [4.78, 5) is 11.9. The summed E-state index contributed by atoms with van der Waals surface area (Å²) in [6, 6.07) is 0.360. The van der Waals surface area contributed by atoms with Gasteiger partial charge >= 0.3 is 5.97 Å². The maximum absolute atomic E-state index is 11.9. The number of carbonyl (C=O) groups excluding carboxylic acids is 1. The zero-order valence-corrected chi connectivity index (χ0v) is 12.5. The van der Waals surface area contributed by atoms with Gasteiger partial charge in [-0.25, -0.2) is 9.48 Å². The Morgan fingerprint density at radius 2 is 2.00 bits per heavy atom. The van der Waals surface area contributed by atoms with Crippen molar-refractivity contribution in [1.82, 2.24) is 15.0 Å². The molecule has 1 aliphatic rings. The second-order valence-electron chi connectivity index (χ2n) is 5.51. The van der Waals surface area contributed by atoms with Gasteiger partial charge < -0.3 is 9.47 Å². The fourth-order valence-corrected chi connectivity index (χ4v) is 2.65. The third kappa shape index (κ3) is 3.36. The third-order valence-electron chi connectivity index (χ3n) is 3.97. The topological polar surface area (TPSA) is 66.2 Å². The van der Waals surface area contributed by atoms with E-state index in [1.54, 1.807) is 7.11 Å².